The van der Waals surface area contributed by atoms with Crippen molar-refractivity contribution < 1.29 is 19.8 Å². The van der Waals surface area contributed by atoms with Crippen molar-refractivity contribution in [3.8, 4) is 0 Å². The molecule has 0 saturated carbocycles. The highest BCUT2D eigenvalue weighted by Gasteiger charge is 2.38. The molecule has 1 aliphatic heterocycles. The fourth-order valence-corrected chi connectivity index (χ4v) is 2.23. The second kappa shape index (κ2) is 6.39. The third-order valence-corrected chi connectivity index (χ3v) is 3.21. The number of unbranched alkanes of at least 4 members (excludes halogenated alkanes) is 1. The van der Waals surface area contributed by atoms with Gasteiger partial charge in [0.15, 0.2) is 0 Å². The van der Waals surface area contributed by atoms with Gasteiger partial charge in [0.05, 0.1) is 11.8 Å². The SMILES string of the molecule is C=CCCCN1CCC(C(=O)O)C(C(=O)O)C1. The van der Waals surface area contributed by atoms with Gasteiger partial charge >= 0.3 is 11.9 Å². The predicted molar refractivity (Wildman–Crippen MR) is 62.7 cm³/mol. The van der Waals surface area contributed by atoms with Crippen LogP contribution in [0.5, 0.6) is 0 Å². The van der Waals surface area contributed by atoms with E-state index in [9.17, 15) is 9.59 Å². The first-order valence-electron chi connectivity index (χ1n) is 5.85. The van der Waals surface area contributed by atoms with Crippen LogP contribution in [0.2, 0.25) is 0 Å². The summed E-state index contributed by atoms with van der Waals surface area (Å²) in [5, 5.41) is 18.0. The summed E-state index contributed by atoms with van der Waals surface area (Å²) in [6.07, 6.45) is 4.09. The first kappa shape index (κ1) is 13.7. The molecule has 0 bridgehead atoms. The van der Waals surface area contributed by atoms with Crippen LogP contribution in [0.3, 0.4) is 0 Å². The van der Waals surface area contributed by atoms with Crippen LogP contribution >= 0.6 is 0 Å². The Balaban J connectivity index is 2.53. The van der Waals surface area contributed by atoms with E-state index in [-0.39, 0.29) is 0 Å². The zero-order chi connectivity index (χ0) is 12.8. The first-order chi connectivity index (χ1) is 8.06. The molecule has 1 saturated heterocycles. The summed E-state index contributed by atoms with van der Waals surface area (Å²) in [5.74, 6) is -3.54. The van der Waals surface area contributed by atoms with E-state index >= 15 is 0 Å². The van der Waals surface area contributed by atoms with Crippen molar-refractivity contribution in [3.63, 3.8) is 0 Å². The number of nitrogens with zero attached hydrogens (tertiary/aromatic N) is 1. The van der Waals surface area contributed by atoms with Gasteiger partial charge in [0.25, 0.3) is 0 Å². The van der Waals surface area contributed by atoms with E-state index in [4.69, 9.17) is 10.2 Å². The third kappa shape index (κ3) is 3.85. The van der Waals surface area contributed by atoms with Crippen molar-refractivity contribution >= 4 is 11.9 Å². The zero-order valence-electron chi connectivity index (χ0n) is 9.84. The van der Waals surface area contributed by atoms with Gasteiger partial charge in [-0.15, -0.1) is 6.58 Å². The van der Waals surface area contributed by atoms with E-state index in [1.54, 1.807) is 0 Å². The van der Waals surface area contributed by atoms with Crippen LogP contribution in [0.4, 0.5) is 0 Å². The van der Waals surface area contributed by atoms with Gasteiger partial charge in [-0.3, -0.25) is 9.59 Å². The minimum absolute atomic E-state index is 0.337. The highest BCUT2D eigenvalue weighted by molar-refractivity contribution is 5.80. The van der Waals surface area contributed by atoms with Gasteiger partial charge in [-0.05, 0) is 32.4 Å². The van der Waals surface area contributed by atoms with Crippen LogP contribution in [0.15, 0.2) is 12.7 Å². The molecule has 5 heteroatoms. The lowest BCUT2D eigenvalue weighted by Crippen LogP contribution is -2.46. The lowest BCUT2D eigenvalue weighted by molar-refractivity contribution is -0.157. The molecular formula is C12H19NO4. The topological polar surface area (TPSA) is 77.8 Å². The number of aliphatic carboxylic acids is 2. The molecule has 0 aliphatic carbocycles. The maximum absolute atomic E-state index is 11.0. The van der Waals surface area contributed by atoms with Gasteiger partial charge in [-0.1, -0.05) is 6.08 Å². The number of likely N-dealkylation sites (tertiary alicyclic amines) is 1. The number of hydrogen-bond acceptors (Lipinski definition) is 3. The van der Waals surface area contributed by atoms with Crippen molar-refractivity contribution in [1.82, 2.24) is 4.90 Å². The maximum atomic E-state index is 11.0. The van der Waals surface area contributed by atoms with E-state index in [0.717, 1.165) is 19.4 Å². The molecule has 1 aliphatic rings. The van der Waals surface area contributed by atoms with Crippen LogP contribution in [-0.4, -0.2) is 46.7 Å². The van der Waals surface area contributed by atoms with E-state index in [2.05, 4.69) is 6.58 Å². The highest BCUT2D eigenvalue weighted by atomic mass is 16.4. The molecule has 0 aromatic carbocycles. The smallest absolute Gasteiger partial charge is 0.308 e. The number of carboxylic acids is 2. The van der Waals surface area contributed by atoms with Crippen molar-refractivity contribution in [1.29, 1.82) is 0 Å². The summed E-state index contributed by atoms with van der Waals surface area (Å²) in [4.78, 5) is 24.0. The number of rotatable bonds is 6. The number of carboxylic acid groups (broad SMARTS) is 2. The first-order valence-corrected chi connectivity index (χ1v) is 5.85. The molecule has 1 fully saturated rings. The monoisotopic (exact) mass is 241 g/mol. The zero-order valence-corrected chi connectivity index (χ0v) is 9.84. The molecule has 0 aromatic rings. The molecule has 2 atom stereocenters. The Morgan fingerprint density at radius 2 is 1.94 bits per heavy atom. The average molecular weight is 241 g/mol. The molecule has 96 valence electrons. The van der Waals surface area contributed by atoms with Crippen molar-refractivity contribution in [3.05, 3.63) is 12.7 Å². The third-order valence-electron chi connectivity index (χ3n) is 3.21. The summed E-state index contributed by atoms with van der Waals surface area (Å²) < 4.78 is 0. The van der Waals surface area contributed by atoms with Crippen LogP contribution in [0.25, 0.3) is 0 Å². The molecule has 0 radical (unpaired) electrons. The van der Waals surface area contributed by atoms with Gasteiger partial charge in [0.2, 0.25) is 0 Å². The second-order valence-corrected chi connectivity index (χ2v) is 4.41. The van der Waals surface area contributed by atoms with Crippen LogP contribution in [0.1, 0.15) is 19.3 Å². The highest BCUT2D eigenvalue weighted by Crippen LogP contribution is 2.24. The summed E-state index contributed by atoms with van der Waals surface area (Å²) in [6, 6.07) is 0. The standard InChI is InChI=1S/C12H19NO4/c1-2-3-4-6-13-7-5-9(11(14)15)10(8-13)12(16)17/h2,9-10H,1,3-8H2,(H,14,15)(H,16,17). The van der Waals surface area contributed by atoms with Crippen molar-refractivity contribution in [2.45, 2.75) is 19.3 Å². The van der Waals surface area contributed by atoms with Crippen molar-refractivity contribution in [2.75, 3.05) is 19.6 Å². The minimum atomic E-state index is -1.01. The summed E-state index contributed by atoms with van der Waals surface area (Å²) in [6.45, 7) is 5.44. The van der Waals surface area contributed by atoms with E-state index in [0.29, 0.717) is 19.5 Å². The van der Waals surface area contributed by atoms with E-state index < -0.39 is 23.8 Å². The van der Waals surface area contributed by atoms with Crippen LogP contribution in [0, 0.1) is 11.8 Å². The van der Waals surface area contributed by atoms with Gasteiger partial charge in [0.1, 0.15) is 0 Å². The van der Waals surface area contributed by atoms with Gasteiger partial charge in [-0.25, -0.2) is 0 Å². The minimum Gasteiger partial charge on any atom is -0.481 e. The molecule has 2 unspecified atom stereocenters. The second-order valence-electron chi connectivity index (χ2n) is 4.41. The molecule has 5 nitrogen and oxygen atoms in total. The molecule has 1 heterocycles. The Hall–Kier alpha value is -1.36. The quantitative estimate of drug-likeness (QED) is 0.537. The summed E-state index contributed by atoms with van der Waals surface area (Å²) in [7, 11) is 0. The molecule has 0 amide bonds. The van der Waals surface area contributed by atoms with Crippen molar-refractivity contribution in [2.24, 2.45) is 11.8 Å². The molecule has 0 aromatic heterocycles. The lowest BCUT2D eigenvalue weighted by atomic mass is 9.85. The number of carbonyl (C=O) groups is 2. The van der Waals surface area contributed by atoms with Crippen LogP contribution < -0.4 is 0 Å². The summed E-state index contributed by atoms with van der Waals surface area (Å²) in [5.41, 5.74) is 0. The van der Waals surface area contributed by atoms with Gasteiger partial charge < -0.3 is 15.1 Å². The van der Waals surface area contributed by atoms with E-state index in [1.807, 2.05) is 11.0 Å². The number of allylic oxidation sites excluding steroid dienone is 1. The maximum Gasteiger partial charge on any atom is 0.308 e. The lowest BCUT2D eigenvalue weighted by Gasteiger charge is -2.34. The fraction of sp³-hybridized carbons (Fsp3) is 0.667. The number of piperidine rings is 1. The van der Waals surface area contributed by atoms with Gasteiger partial charge in [0, 0.05) is 6.54 Å². The normalized spacial score (nSPS) is 25.4. The Kier molecular flexibility index (Phi) is 5.15. The Bertz CT molecular complexity index is 303. The molecular weight excluding hydrogens is 222 g/mol. The predicted octanol–water partition coefficient (Wildman–Crippen LogP) is 1.06. The fourth-order valence-electron chi connectivity index (χ4n) is 2.23. The molecule has 2 N–H and O–H groups in total. The Labute approximate surface area is 101 Å². The Morgan fingerprint density at radius 1 is 1.29 bits per heavy atom. The largest absolute Gasteiger partial charge is 0.481 e. The molecule has 0 spiro atoms. The van der Waals surface area contributed by atoms with E-state index in [1.165, 1.54) is 0 Å². The Morgan fingerprint density at radius 3 is 2.47 bits per heavy atom. The van der Waals surface area contributed by atoms with Crippen LogP contribution in [-0.2, 0) is 9.59 Å². The summed E-state index contributed by atoms with van der Waals surface area (Å²) >= 11 is 0. The number of hydrogen-bond donors (Lipinski definition) is 2. The van der Waals surface area contributed by atoms with Gasteiger partial charge in [-0.2, -0.15) is 0 Å². The molecule has 1 rings (SSSR count). The molecule has 17 heavy (non-hydrogen) atoms. The average Bonchev–Trinajstić information content (AvgIpc) is 2.29.